The molecule has 0 amide bonds. The second-order valence-corrected chi connectivity index (χ2v) is 11.3. The van der Waals surface area contributed by atoms with Gasteiger partial charge in [-0.25, -0.2) is 36.7 Å². The highest BCUT2D eigenvalue weighted by Gasteiger charge is 2.34. The normalized spacial score (nSPS) is 18.3. The van der Waals surface area contributed by atoms with Gasteiger partial charge in [0, 0.05) is 25.2 Å². The van der Waals surface area contributed by atoms with Crippen LogP contribution in [0.3, 0.4) is 0 Å². The van der Waals surface area contributed by atoms with Crippen molar-refractivity contribution in [2.75, 3.05) is 32.1 Å². The molecule has 15 heteroatoms. The van der Waals surface area contributed by atoms with E-state index in [9.17, 15) is 16.8 Å². The number of imidazole rings is 1. The molecule has 1 aromatic heterocycles. The number of sulfonamides is 2. The van der Waals surface area contributed by atoms with Gasteiger partial charge < -0.3 is 15.6 Å². The van der Waals surface area contributed by atoms with Crippen LogP contribution in [0.25, 0.3) is 22.2 Å². The van der Waals surface area contributed by atoms with Gasteiger partial charge in [-0.2, -0.15) is 5.11 Å². The Labute approximate surface area is 201 Å². The van der Waals surface area contributed by atoms with Crippen molar-refractivity contribution < 1.29 is 16.8 Å². The van der Waals surface area contributed by atoms with Gasteiger partial charge in [-0.15, -0.1) is 5.11 Å². The maximum Gasteiger partial charge on any atom is 0.242 e. The van der Waals surface area contributed by atoms with Crippen molar-refractivity contribution in [2.24, 2.45) is 20.4 Å². The van der Waals surface area contributed by atoms with Crippen LogP contribution < -0.4 is 20.5 Å². The molecule has 184 valence electrons. The van der Waals surface area contributed by atoms with Crippen LogP contribution in [0.1, 0.15) is 12.0 Å². The number of fused-ring (bicyclic) bond motifs is 1. The lowest BCUT2D eigenvalue weighted by Gasteiger charge is -2.19. The summed E-state index contributed by atoms with van der Waals surface area (Å²) in [5, 5.41) is 19.4. The molecule has 1 fully saturated rings. The minimum absolute atomic E-state index is 0.0156. The number of aliphatic imine (C=N–C) groups is 1. The molecule has 0 spiro atoms. The lowest BCUT2D eigenvalue weighted by atomic mass is 9.97. The van der Waals surface area contributed by atoms with Crippen molar-refractivity contribution in [1.82, 2.24) is 20.0 Å². The van der Waals surface area contributed by atoms with Gasteiger partial charge >= 0.3 is 0 Å². The molecule has 2 aliphatic rings. The third kappa shape index (κ3) is 4.32. The van der Waals surface area contributed by atoms with E-state index in [-0.39, 0.29) is 24.1 Å². The summed E-state index contributed by atoms with van der Waals surface area (Å²) in [6, 6.07) is 7.71. The monoisotopic (exact) mass is 517 g/mol. The minimum atomic E-state index is -4.56. The number of hydrogen-bond donors (Lipinski definition) is 5. The molecule has 0 radical (unpaired) electrons. The number of nitrogens with one attached hydrogen (secondary N) is 4. The van der Waals surface area contributed by atoms with Gasteiger partial charge in [-0.3, -0.25) is 0 Å². The predicted molar refractivity (Wildman–Crippen MR) is 130 cm³/mol. The highest BCUT2D eigenvalue weighted by Crippen LogP contribution is 2.37. The number of hydrogen-bond acceptors (Lipinski definition) is 10. The summed E-state index contributed by atoms with van der Waals surface area (Å²) in [6.07, 6.45) is 0.574. The molecule has 2 aliphatic heterocycles. The Bertz CT molecular complexity index is 1590. The van der Waals surface area contributed by atoms with Crippen LogP contribution in [-0.4, -0.2) is 65.5 Å². The van der Waals surface area contributed by atoms with E-state index in [4.69, 9.17) is 5.14 Å². The van der Waals surface area contributed by atoms with E-state index in [1.54, 1.807) is 19.2 Å². The molecule has 3 aromatic rings. The quantitative estimate of drug-likeness (QED) is 0.304. The number of rotatable bonds is 7. The third-order valence-corrected chi connectivity index (χ3v) is 8.48. The molecule has 2 aromatic carbocycles. The fourth-order valence-electron chi connectivity index (χ4n) is 4.27. The average Bonchev–Trinajstić information content (AvgIpc) is 3.58. The van der Waals surface area contributed by atoms with Crippen LogP contribution in [0.2, 0.25) is 0 Å². The maximum atomic E-state index is 13.3. The number of H-pyrrole nitrogens is 1. The lowest BCUT2D eigenvalue weighted by Crippen LogP contribution is -2.37. The van der Waals surface area contributed by atoms with Gasteiger partial charge in [0.05, 0.1) is 16.6 Å². The number of amidine groups is 1. The molecule has 6 N–H and O–H groups in total. The summed E-state index contributed by atoms with van der Waals surface area (Å²) >= 11 is 0. The fourth-order valence-corrected chi connectivity index (χ4v) is 7.14. The number of aromatic amines is 1. The van der Waals surface area contributed by atoms with Crippen molar-refractivity contribution in [3.05, 3.63) is 35.9 Å². The minimum Gasteiger partial charge on any atom is -0.359 e. The topological polar surface area (TPSA) is 196 Å². The Morgan fingerprint density at radius 1 is 1.11 bits per heavy atom. The van der Waals surface area contributed by atoms with Crippen LogP contribution in [0.4, 0.5) is 5.95 Å². The smallest absolute Gasteiger partial charge is 0.242 e. The van der Waals surface area contributed by atoms with Gasteiger partial charge in [0.15, 0.2) is 12.5 Å². The molecule has 1 atom stereocenters. The van der Waals surface area contributed by atoms with Gasteiger partial charge in [-0.1, -0.05) is 18.2 Å². The molecule has 0 unspecified atom stereocenters. The van der Waals surface area contributed by atoms with Crippen molar-refractivity contribution in [1.29, 1.82) is 0 Å². The largest absolute Gasteiger partial charge is 0.359 e. The number of para-hydroxylation sites is 1. The van der Waals surface area contributed by atoms with Crippen molar-refractivity contribution in [2.45, 2.75) is 22.3 Å². The number of primary sulfonamides is 1. The number of nitrogens with zero attached hydrogens (tertiary/aromatic N) is 4. The summed E-state index contributed by atoms with van der Waals surface area (Å²) in [5.74, 6) is 0.483. The Balaban J connectivity index is 1.81. The Morgan fingerprint density at radius 2 is 1.94 bits per heavy atom. The van der Waals surface area contributed by atoms with Crippen LogP contribution in [0, 0.1) is 0 Å². The summed E-state index contributed by atoms with van der Waals surface area (Å²) < 4.78 is 55.1. The number of aromatic nitrogens is 2. The zero-order chi connectivity index (χ0) is 24.8. The van der Waals surface area contributed by atoms with E-state index in [2.05, 4.69) is 40.5 Å². The second-order valence-electron chi connectivity index (χ2n) is 8.07. The molecular weight excluding hydrogens is 494 g/mol. The van der Waals surface area contributed by atoms with Gasteiger partial charge in [0.2, 0.25) is 26.0 Å². The highest BCUT2D eigenvalue weighted by atomic mass is 32.2. The lowest BCUT2D eigenvalue weighted by molar-refractivity contribution is 0.555. The predicted octanol–water partition coefficient (Wildman–Crippen LogP) is 0.729. The summed E-state index contributed by atoms with van der Waals surface area (Å²) in [5.41, 5.74) is 2.09. The number of anilines is 1. The van der Waals surface area contributed by atoms with Gasteiger partial charge in [0.25, 0.3) is 0 Å². The Morgan fingerprint density at radius 3 is 2.60 bits per heavy atom. The van der Waals surface area contributed by atoms with Crippen molar-refractivity contribution in [3.8, 4) is 11.1 Å². The Hall–Kier alpha value is -3.24. The summed E-state index contributed by atoms with van der Waals surface area (Å²) in [7, 11) is -7.11. The number of azo groups is 1. The fraction of sp³-hybridized carbons (Fsp3) is 0.300. The summed E-state index contributed by atoms with van der Waals surface area (Å²) in [6.45, 7) is 1.07. The van der Waals surface area contributed by atoms with E-state index in [0.29, 0.717) is 47.6 Å². The Kier molecular flexibility index (Phi) is 5.88. The first-order chi connectivity index (χ1) is 16.7. The van der Waals surface area contributed by atoms with Gasteiger partial charge in [-0.05, 0) is 30.7 Å². The zero-order valence-electron chi connectivity index (χ0n) is 18.6. The maximum absolute atomic E-state index is 13.3. The number of nitrogens with two attached hydrogens (primary N) is 1. The summed E-state index contributed by atoms with van der Waals surface area (Å²) in [4.78, 5) is 10.8. The van der Waals surface area contributed by atoms with E-state index in [1.165, 1.54) is 12.1 Å². The standard InChI is InChI=1S/C20H23N9O4S2/c1-22-20-26-14-4-2-3-13(17(14)27-20)12-5-6-15(35(32,33)29-11-7-8-23-9-11)18(34(21,30)31)16(12)19-24-10-25-28-19/h2-6,11,23,29H,7-10H2,1H3,(H2,21,30,31)(H2,22,26,27)/t11-/m1/s1. The van der Waals surface area contributed by atoms with Crippen LogP contribution in [-0.2, 0) is 20.0 Å². The van der Waals surface area contributed by atoms with Crippen LogP contribution in [0.5, 0.6) is 0 Å². The molecule has 3 heterocycles. The molecule has 0 saturated carbocycles. The molecule has 1 saturated heterocycles. The molecule has 0 aliphatic carbocycles. The molecule has 5 rings (SSSR count). The molecular formula is C20H23N9O4S2. The average molecular weight is 518 g/mol. The van der Waals surface area contributed by atoms with Crippen LogP contribution >= 0.6 is 0 Å². The molecule has 13 nitrogen and oxygen atoms in total. The van der Waals surface area contributed by atoms with Crippen LogP contribution in [0.15, 0.2) is 55.3 Å². The first-order valence-corrected chi connectivity index (χ1v) is 13.7. The SMILES string of the molecule is CNc1nc2c(-c3ccc(S(=O)(=O)N[C@@H]4CCNC4)c(S(N)(=O)=O)c3C3=NCN=N3)cccc2[nH]1. The number of benzene rings is 2. The van der Waals surface area contributed by atoms with E-state index in [1.807, 2.05) is 6.07 Å². The molecule has 35 heavy (non-hydrogen) atoms. The molecule has 0 bridgehead atoms. The van der Waals surface area contributed by atoms with Gasteiger partial charge in [0.1, 0.15) is 9.79 Å². The van der Waals surface area contributed by atoms with E-state index < -0.39 is 29.8 Å². The first kappa shape index (κ1) is 23.5. The zero-order valence-corrected chi connectivity index (χ0v) is 20.2. The first-order valence-electron chi connectivity index (χ1n) is 10.7. The van der Waals surface area contributed by atoms with E-state index >= 15 is 0 Å². The van der Waals surface area contributed by atoms with Crippen molar-refractivity contribution in [3.63, 3.8) is 0 Å². The van der Waals surface area contributed by atoms with E-state index in [0.717, 1.165) is 0 Å². The third-order valence-electron chi connectivity index (χ3n) is 5.79. The second kappa shape index (κ2) is 8.76. The highest BCUT2D eigenvalue weighted by molar-refractivity contribution is 7.92. The van der Waals surface area contributed by atoms with Crippen molar-refractivity contribution >= 4 is 42.9 Å².